The van der Waals surface area contributed by atoms with Crippen LogP contribution in [-0.2, 0) is 9.59 Å². The third kappa shape index (κ3) is 5.38. The second-order valence-corrected chi connectivity index (χ2v) is 6.35. The molecular weight excluding hydrogens is 414 g/mol. The first-order chi connectivity index (χ1) is 14.3. The van der Waals surface area contributed by atoms with Crippen molar-refractivity contribution in [2.75, 3.05) is 33.8 Å². The number of halogens is 1. The Balaban J connectivity index is 2.31. The van der Waals surface area contributed by atoms with Crippen molar-refractivity contribution < 1.29 is 28.5 Å². The highest BCUT2D eigenvalue weighted by molar-refractivity contribution is 6.34. The maximum Gasteiger partial charge on any atom is 0.258 e. The Morgan fingerprint density at radius 2 is 1.57 bits per heavy atom. The Morgan fingerprint density at radius 1 is 0.933 bits per heavy atom. The Kier molecular flexibility index (Phi) is 7.99. The maximum atomic E-state index is 12.7. The number of azo groups is 1. The van der Waals surface area contributed by atoms with E-state index < -0.39 is 17.7 Å². The van der Waals surface area contributed by atoms with Crippen LogP contribution in [0, 0.1) is 0 Å². The van der Waals surface area contributed by atoms with Crippen molar-refractivity contribution in [3.8, 4) is 23.0 Å². The fraction of sp³-hybridized carbons (Fsp3) is 0.300. The van der Waals surface area contributed by atoms with Gasteiger partial charge in [0.2, 0.25) is 6.04 Å². The molecule has 0 heterocycles. The summed E-state index contributed by atoms with van der Waals surface area (Å²) in [6.07, 6.45) is 0. The molecular formula is C20H22ClN3O6. The summed E-state index contributed by atoms with van der Waals surface area (Å²) in [6, 6.07) is 6.51. The van der Waals surface area contributed by atoms with E-state index in [4.69, 9.17) is 30.5 Å². The van der Waals surface area contributed by atoms with Crippen molar-refractivity contribution in [2.45, 2.75) is 13.0 Å². The van der Waals surface area contributed by atoms with Crippen molar-refractivity contribution in [3.63, 3.8) is 0 Å². The van der Waals surface area contributed by atoms with Gasteiger partial charge in [-0.25, -0.2) is 0 Å². The normalized spacial score (nSPS) is 11.7. The van der Waals surface area contributed by atoms with E-state index in [2.05, 4.69) is 15.5 Å². The number of benzene rings is 2. The number of nitrogens with one attached hydrogen (secondary N) is 1. The van der Waals surface area contributed by atoms with E-state index in [-0.39, 0.29) is 16.5 Å². The molecule has 2 aromatic rings. The average molecular weight is 436 g/mol. The number of hydrogen-bond acceptors (Lipinski definition) is 8. The van der Waals surface area contributed by atoms with E-state index in [9.17, 15) is 9.59 Å². The summed E-state index contributed by atoms with van der Waals surface area (Å²) in [5.74, 6) is 0.429. The Labute approximate surface area is 178 Å². The second-order valence-electron chi connectivity index (χ2n) is 5.94. The molecule has 0 saturated carbocycles. The minimum absolute atomic E-state index is 0.176. The van der Waals surface area contributed by atoms with E-state index in [0.29, 0.717) is 22.9 Å². The Bertz CT molecular complexity index is 964. The van der Waals surface area contributed by atoms with Crippen molar-refractivity contribution in [1.29, 1.82) is 0 Å². The van der Waals surface area contributed by atoms with Crippen LogP contribution in [0.2, 0.25) is 5.02 Å². The molecule has 0 fully saturated rings. The summed E-state index contributed by atoms with van der Waals surface area (Å²) in [5.41, 5.74) is 0.519. The monoisotopic (exact) mass is 435 g/mol. The van der Waals surface area contributed by atoms with Crippen molar-refractivity contribution in [3.05, 3.63) is 35.4 Å². The zero-order valence-electron chi connectivity index (χ0n) is 17.2. The van der Waals surface area contributed by atoms with Gasteiger partial charge in [0, 0.05) is 18.2 Å². The average Bonchev–Trinajstić information content (AvgIpc) is 2.74. The molecule has 1 unspecified atom stereocenters. The lowest BCUT2D eigenvalue weighted by atomic mass is 10.2. The van der Waals surface area contributed by atoms with E-state index >= 15 is 0 Å². The van der Waals surface area contributed by atoms with Crippen molar-refractivity contribution in [2.24, 2.45) is 10.2 Å². The Morgan fingerprint density at radius 3 is 2.13 bits per heavy atom. The number of carbonyl (C=O) groups excluding carboxylic acids is 2. The molecule has 1 atom stereocenters. The zero-order chi connectivity index (χ0) is 22.3. The van der Waals surface area contributed by atoms with Crippen LogP contribution >= 0.6 is 11.6 Å². The smallest absolute Gasteiger partial charge is 0.258 e. The number of amides is 1. The van der Waals surface area contributed by atoms with E-state index in [0.717, 1.165) is 0 Å². The van der Waals surface area contributed by atoms with Crippen LogP contribution in [0.5, 0.6) is 23.0 Å². The minimum atomic E-state index is -1.40. The summed E-state index contributed by atoms with van der Waals surface area (Å²) in [7, 11) is 5.87. The fourth-order valence-electron chi connectivity index (χ4n) is 2.46. The third-order valence-corrected chi connectivity index (χ3v) is 4.33. The Hall–Kier alpha value is -3.33. The van der Waals surface area contributed by atoms with Crippen LogP contribution in [0.4, 0.5) is 11.4 Å². The first kappa shape index (κ1) is 23.0. The zero-order valence-corrected chi connectivity index (χ0v) is 17.9. The van der Waals surface area contributed by atoms with Crippen LogP contribution in [0.15, 0.2) is 40.6 Å². The van der Waals surface area contributed by atoms with Gasteiger partial charge in [0.05, 0.1) is 33.5 Å². The molecule has 160 valence electrons. The van der Waals surface area contributed by atoms with Gasteiger partial charge in [-0.15, -0.1) is 0 Å². The number of carbonyl (C=O) groups is 2. The quantitative estimate of drug-likeness (QED) is 0.470. The lowest BCUT2D eigenvalue weighted by Gasteiger charge is -2.15. The maximum absolute atomic E-state index is 12.7. The van der Waals surface area contributed by atoms with Gasteiger partial charge in [0.25, 0.3) is 5.91 Å². The third-order valence-electron chi connectivity index (χ3n) is 4.03. The molecule has 0 aliphatic rings. The highest BCUT2D eigenvalue weighted by Gasteiger charge is 2.25. The lowest BCUT2D eigenvalue weighted by Crippen LogP contribution is -2.32. The molecule has 1 N–H and O–H groups in total. The molecule has 0 aromatic heterocycles. The van der Waals surface area contributed by atoms with Gasteiger partial charge in [-0.1, -0.05) is 11.6 Å². The molecule has 30 heavy (non-hydrogen) atoms. The molecule has 10 heteroatoms. The molecule has 1 amide bonds. The van der Waals surface area contributed by atoms with Gasteiger partial charge in [0.1, 0.15) is 34.4 Å². The topological polar surface area (TPSA) is 108 Å². The standard InChI is InChI=1S/C20H22ClN3O6/c1-11(25)18(24-23-15-7-6-12(27-2)9-16(15)29-4)20(26)22-19-14(21)8-13(28-3)10-17(19)30-5/h6-10,18H,1-5H3,(H,22,26). The number of Topliss-reactive ketones (excluding diaryl/α,β-unsaturated/α-hetero) is 1. The minimum Gasteiger partial charge on any atom is -0.497 e. The SMILES string of the molecule is COc1ccc(N=NC(C(C)=O)C(=O)Nc2c(Cl)cc(OC)cc2OC)c(OC)c1. The second kappa shape index (κ2) is 10.4. The highest BCUT2D eigenvalue weighted by Crippen LogP contribution is 2.37. The molecule has 0 spiro atoms. The van der Waals surface area contributed by atoms with Gasteiger partial charge in [-0.2, -0.15) is 10.2 Å². The van der Waals surface area contributed by atoms with Crippen molar-refractivity contribution in [1.82, 2.24) is 0 Å². The predicted octanol–water partition coefficient (Wildman–Crippen LogP) is 4.05. The number of nitrogens with zero attached hydrogens (tertiary/aromatic N) is 2. The molecule has 0 bridgehead atoms. The highest BCUT2D eigenvalue weighted by atomic mass is 35.5. The predicted molar refractivity (Wildman–Crippen MR) is 112 cm³/mol. The summed E-state index contributed by atoms with van der Waals surface area (Å²) < 4.78 is 20.7. The van der Waals surface area contributed by atoms with Gasteiger partial charge < -0.3 is 24.3 Å². The van der Waals surface area contributed by atoms with Gasteiger partial charge in [0.15, 0.2) is 5.78 Å². The van der Waals surface area contributed by atoms with Gasteiger partial charge >= 0.3 is 0 Å². The van der Waals surface area contributed by atoms with Crippen LogP contribution < -0.4 is 24.3 Å². The number of rotatable bonds is 9. The summed E-state index contributed by atoms with van der Waals surface area (Å²) >= 11 is 6.22. The first-order valence-electron chi connectivity index (χ1n) is 8.70. The largest absolute Gasteiger partial charge is 0.497 e. The van der Waals surface area contributed by atoms with Crippen LogP contribution in [-0.4, -0.2) is 46.2 Å². The van der Waals surface area contributed by atoms with Crippen LogP contribution in [0.1, 0.15) is 6.92 Å². The van der Waals surface area contributed by atoms with E-state index in [1.807, 2.05) is 0 Å². The summed E-state index contributed by atoms with van der Waals surface area (Å²) in [6.45, 7) is 1.24. The lowest BCUT2D eigenvalue weighted by molar-refractivity contribution is -0.126. The molecule has 2 rings (SSSR count). The fourth-order valence-corrected chi connectivity index (χ4v) is 2.70. The van der Waals surface area contributed by atoms with Crippen molar-refractivity contribution >= 4 is 34.7 Å². The molecule has 0 aliphatic carbocycles. The molecule has 0 aliphatic heterocycles. The van der Waals surface area contributed by atoms with Crippen LogP contribution in [0.3, 0.4) is 0 Å². The molecule has 0 radical (unpaired) electrons. The first-order valence-corrected chi connectivity index (χ1v) is 9.08. The summed E-state index contributed by atoms with van der Waals surface area (Å²) in [4.78, 5) is 24.8. The number of methoxy groups -OCH3 is 4. The van der Waals surface area contributed by atoms with Gasteiger partial charge in [-0.3, -0.25) is 9.59 Å². The van der Waals surface area contributed by atoms with E-state index in [1.54, 1.807) is 24.3 Å². The number of ketones is 1. The summed E-state index contributed by atoms with van der Waals surface area (Å²) in [5, 5.41) is 10.7. The molecule has 0 saturated heterocycles. The van der Waals surface area contributed by atoms with Crippen LogP contribution in [0.25, 0.3) is 0 Å². The van der Waals surface area contributed by atoms with E-state index in [1.165, 1.54) is 41.4 Å². The number of ether oxygens (including phenoxy) is 4. The number of anilines is 1. The molecule has 9 nitrogen and oxygen atoms in total. The molecule has 2 aromatic carbocycles. The van der Waals surface area contributed by atoms with Gasteiger partial charge in [-0.05, 0) is 19.1 Å². The number of hydrogen-bond donors (Lipinski definition) is 1.